The van der Waals surface area contributed by atoms with Gasteiger partial charge in [-0.25, -0.2) is 9.97 Å². The number of benzene rings is 1. The molecule has 0 aliphatic carbocycles. The molecule has 0 fully saturated rings. The van der Waals surface area contributed by atoms with Crippen LogP contribution < -0.4 is 25.9 Å². The second-order valence-electron chi connectivity index (χ2n) is 7.72. The third kappa shape index (κ3) is 5.21. The molecule has 1 aromatic carbocycles. The molecular weight excluding hydrogens is 450 g/mol. The number of carbonyl (C=O) groups is 1. The zero-order valence-corrected chi connectivity index (χ0v) is 19.4. The highest BCUT2D eigenvalue weighted by Crippen LogP contribution is 2.27. The summed E-state index contributed by atoms with van der Waals surface area (Å²) in [6.45, 7) is 0.558. The van der Waals surface area contributed by atoms with Crippen molar-refractivity contribution >= 4 is 16.9 Å². The van der Waals surface area contributed by atoms with Crippen LogP contribution in [0.2, 0.25) is 0 Å². The molecule has 35 heavy (non-hydrogen) atoms. The Labute approximate surface area is 200 Å². The lowest BCUT2D eigenvalue weighted by Gasteiger charge is -2.14. The molecule has 2 N–H and O–H groups in total. The third-order valence-corrected chi connectivity index (χ3v) is 5.58. The van der Waals surface area contributed by atoms with E-state index in [2.05, 4.69) is 20.3 Å². The number of amides is 1. The van der Waals surface area contributed by atoms with E-state index in [1.54, 1.807) is 43.2 Å². The van der Waals surface area contributed by atoms with Gasteiger partial charge in [0.05, 0.1) is 19.6 Å². The first-order chi connectivity index (χ1) is 17.0. The van der Waals surface area contributed by atoms with Gasteiger partial charge in [-0.1, -0.05) is 6.07 Å². The Kier molecular flexibility index (Phi) is 7.20. The third-order valence-electron chi connectivity index (χ3n) is 5.58. The highest BCUT2D eigenvalue weighted by atomic mass is 16.5. The summed E-state index contributed by atoms with van der Waals surface area (Å²) in [5.74, 6) is 1.23. The van der Waals surface area contributed by atoms with Gasteiger partial charge in [-0.2, -0.15) is 0 Å². The van der Waals surface area contributed by atoms with Gasteiger partial charge in [0.15, 0.2) is 17.1 Å². The van der Waals surface area contributed by atoms with E-state index >= 15 is 0 Å². The van der Waals surface area contributed by atoms with E-state index in [1.807, 2.05) is 18.2 Å². The number of ether oxygens (including phenoxy) is 2. The molecule has 10 heteroatoms. The van der Waals surface area contributed by atoms with Crippen LogP contribution in [0.25, 0.3) is 11.0 Å². The van der Waals surface area contributed by atoms with Crippen LogP contribution in [-0.2, 0) is 19.4 Å². The molecule has 0 aliphatic heterocycles. The minimum absolute atomic E-state index is 0.0199. The summed E-state index contributed by atoms with van der Waals surface area (Å²) in [6.07, 6.45) is 3.87. The fourth-order valence-corrected chi connectivity index (χ4v) is 3.78. The molecule has 4 aromatic rings. The normalized spacial score (nSPS) is 10.8. The monoisotopic (exact) mass is 475 g/mol. The van der Waals surface area contributed by atoms with Gasteiger partial charge in [-0.3, -0.25) is 19.0 Å². The lowest BCUT2D eigenvalue weighted by atomic mass is 10.1. The van der Waals surface area contributed by atoms with Gasteiger partial charge in [0.2, 0.25) is 0 Å². The molecule has 0 spiro atoms. The Hall–Kier alpha value is -4.47. The summed E-state index contributed by atoms with van der Waals surface area (Å²) in [6, 6.07) is 12.0. The molecule has 0 unspecified atom stereocenters. The van der Waals surface area contributed by atoms with Gasteiger partial charge >= 0.3 is 0 Å². The van der Waals surface area contributed by atoms with Crippen LogP contribution in [0.15, 0.2) is 64.4 Å². The van der Waals surface area contributed by atoms with E-state index in [0.717, 1.165) is 5.56 Å². The molecule has 0 aliphatic rings. The molecular formula is C25H25N5O5. The number of fused-ring (bicyclic) bond motifs is 1. The SMILES string of the molecule is COc1ccc(CCn2c(CCNC(=O)c3ccc[nH]c3=O)nc3ncccc3c2=O)cc1OC. The summed E-state index contributed by atoms with van der Waals surface area (Å²) in [5, 5.41) is 3.14. The van der Waals surface area contributed by atoms with Crippen LogP contribution in [0.3, 0.4) is 0 Å². The largest absolute Gasteiger partial charge is 0.493 e. The van der Waals surface area contributed by atoms with E-state index in [9.17, 15) is 14.4 Å². The molecule has 0 saturated carbocycles. The Morgan fingerprint density at radius 3 is 2.66 bits per heavy atom. The molecule has 4 rings (SSSR count). The van der Waals surface area contributed by atoms with Crippen molar-refractivity contribution in [3.8, 4) is 11.5 Å². The predicted octanol–water partition coefficient (Wildman–Crippen LogP) is 1.71. The molecule has 0 atom stereocenters. The van der Waals surface area contributed by atoms with Crippen molar-refractivity contribution in [1.82, 2.24) is 24.8 Å². The minimum Gasteiger partial charge on any atom is -0.493 e. The molecule has 0 bridgehead atoms. The molecule has 10 nitrogen and oxygen atoms in total. The molecule has 3 aromatic heterocycles. The number of rotatable bonds is 9. The summed E-state index contributed by atoms with van der Waals surface area (Å²) < 4.78 is 12.3. The van der Waals surface area contributed by atoms with E-state index in [1.165, 1.54) is 12.3 Å². The topological polar surface area (TPSA) is 128 Å². The number of aromatic nitrogens is 4. The number of aryl methyl sites for hydroxylation is 1. The van der Waals surface area contributed by atoms with Crippen LogP contribution in [0.4, 0.5) is 0 Å². The number of methoxy groups -OCH3 is 2. The summed E-state index contributed by atoms with van der Waals surface area (Å²) in [4.78, 5) is 48.8. The maximum absolute atomic E-state index is 13.3. The van der Waals surface area contributed by atoms with Gasteiger partial charge < -0.3 is 19.8 Å². The van der Waals surface area contributed by atoms with Crippen molar-refractivity contribution in [3.05, 3.63) is 92.5 Å². The number of hydrogen-bond acceptors (Lipinski definition) is 7. The molecule has 0 radical (unpaired) electrons. The van der Waals surface area contributed by atoms with Crippen LogP contribution in [0.1, 0.15) is 21.7 Å². The maximum atomic E-state index is 13.3. The van der Waals surface area contributed by atoms with E-state index in [4.69, 9.17) is 9.47 Å². The van der Waals surface area contributed by atoms with Gasteiger partial charge in [-0.15, -0.1) is 0 Å². The first-order valence-corrected chi connectivity index (χ1v) is 11.0. The van der Waals surface area contributed by atoms with Crippen molar-refractivity contribution in [1.29, 1.82) is 0 Å². The van der Waals surface area contributed by atoms with Crippen molar-refractivity contribution in [2.24, 2.45) is 0 Å². The molecule has 1 amide bonds. The maximum Gasteiger partial charge on any atom is 0.263 e. The fourth-order valence-electron chi connectivity index (χ4n) is 3.78. The second kappa shape index (κ2) is 10.6. The lowest BCUT2D eigenvalue weighted by molar-refractivity contribution is 0.0952. The highest BCUT2D eigenvalue weighted by Gasteiger charge is 2.14. The molecule has 3 heterocycles. The molecule has 180 valence electrons. The van der Waals surface area contributed by atoms with E-state index < -0.39 is 11.5 Å². The number of aromatic amines is 1. The van der Waals surface area contributed by atoms with Crippen molar-refractivity contribution < 1.29 is 14.3 Å². The zero-order valence-electron chi connectivity index (χ0n) is 19.4. The Balaban J connectivity index is 1.57. The van der Waals surface area contributed by atoms with Crippen molar-refractivity contribution in [2.75, 3.05) is 20.8 Å². The molecule has 0 saturated heterocycles. The first-order valence-electron chi connectivity index (χ1n) is 11.0. The van der Waals surface area contributed by atoms with Gasteiger partial charge in [0, 0.05) is 31.9 Å². The van der Waals surface area contributed by atoms with Gasteiger partial charge in [0.1, 0.15) is 11.4 Å². The zero-order chi connectivity index (χ0) is 24.8. The number of nitrogens with zero attached hydrogens (tertiary/aromatic N) is 3. The second-order valence-corrected chi connectivity index (χ2v) is 7.72. The van der Waals surface area contributed by atoms with Crippen molar-refractivity contribution in [3.63, 3.8) is 0 Å². The van der Waals surface area contributed by atoms with Gasteiger partial charge in [-0.05, 0) is 48.4 Å². The number of pyridine rings is 2. The van der Waals surface area contributed by atoms with Crippen LogP contribution >= 0.6 is 0 Å². The van der Waals surface area contributed by atoms with E-state index in [0.29, 0.717) is 41.3 Å². The summed E-state index contributed by atoms with van der Waals surface area (Å²) in [5.41, 5.74) is 0.657. The lowest BCUT2D eigenvalue weighted by Crippen LogP contribution is -2.33. The van der Waals surface area contributed by atoms with Crippen LogP contribution in [-0.4, -0.2) is 46.2 Å². The Morgan fingerprint density at radius 2 is 1.89 bits per heavy atom. The average molecular weight is 476 g/mol. The quantitative estimate of drug-likeness (QED) is 0.377. The van der Waals surface area contributed by atoms with E-state index in [-0.39, 0.29) is 24.1 Å². The predicted molar refractivity (Wildman–Crippen MR) is 130 cm³/mol. The number of H-pyrrole nitrogens is 1. The van der Waals surface area contributed by atoms with Crippen LogP contribution in [0, 0.1) is 0 Å². The minimum atomic E-state index is -0.495. The number of hydrogen-bond donors (Lipinski definition) is 2. The number of nitrogens with one attached hydrogen (secondary N) is 2. The fraction of sp³-hybridized carbons (Fsp3) is 0.240. The summed E-state index contributed by atoms with van der Waals surface area (Å²) >= 11 is 0. The van der Waals surface area contributed by atoms with Gasteiger partial charge in [0.25, 0.3) is 17.0 Å². The Bertz CT molecular complexity index is 1480. The first kappa shape index (κ1) is 23.7. The highest BCUT2D eigenvalue weighted by molar-refractivity contribution is 5.93. The van der Waals surface area contributed by atoms with Crippen molar-refractivity contribution in [2.45, 2.75) is 19.4 Å². The standard InChI is InChI=1S/C25H25N5O5/c1-34-19-8-7-16(15-20(19)35-2)10-14-30-21(29-22-17(25(30)33)5-3-11-26-22)9-13-28-24(32)18-6-4-12-27-23(18)31/h3-8,11-12,15H,9-10,13-14H2,1-2H3,(H,27,31)(H,28,32). The number of carbonyl (C=O) groups excluding carboxylic acids is 1. The smallest absolute Gasteiger partial charge is 0.263 e. The average Bonchev–Trinajstić information content (AvgIpc) is 2.88. The summed E-state index contributed by atoms with van der Waals surface area (Å²) in [7, 11) is 3.15. The van der Waals surface area contributed by atoms with Crippen LogP contribution in [0.5, 0.6) is 11.5 Å². The Morgan fingerprint density at radius 1 is 1.06 bits per heavy atom.